The van der Waals surface area contributed by atoms with Crippen LogP contribution in [0, 0.1) is 0 Å². The number of carbonyl (C=O) groups excluding carboxylic acids is 1. The molecule has 0 amide bonds. The number of esters is 1. The molecule has 3 aromatic rings. The Balaban J connectivity index is 1.77. The summed E-state index contributed by atoms with van der Waals surface area (Å²) in [5.74, 6) is 0.528. The van der Waals surface area contributed by atoms with Crippen LogP contribution >= 0.6 is 15.9 Å². The van der Waals surface area contributed by atoms with Crippen molar-refractivity contribution in [2.75, 3.05) is 13.7 Å². The van der Waals surface area contributed by atoms with Crippen LogP contribution in [0.1, 0.15) is 28.7 Å². The number of aliphatic imine (C=N–C) groups is 1. The smallest absolute Gasteiger partial charge is 0.330 e. The summed E-state index contributed by atoms with van der Waals surface area (Å²) in [5.41, 5.74) is 4.91. The van der Waals surface area contributed by atoms with E-state index in [9.17, 15) is 4.79 Å². The first-order valence-corrected chi connectivity index (χ1v) is 11.2. The van der Waals surface area contributed by atoms with E-state index in [2.05, 4.69) is 15.9 Å². The molecule has 1 aliphatic heterocycles. The van der Waals surface area contributed by atoms with E-state index >= 15 is 0 Å². The molecule has 0 spiro atoms. The Morgan fingerprint density at radius 3 is 2.29 bits per heavy atom. The van der Waals surface area contributed by atoms with Crippen molar-refractivity contribution in [1.82, 2.24) is 0 Å². The van der Waals surface area contributed by atoms with Gasteiger partial charge in [0.05, 0.1) is 23.9 Å². The van der Waals surface area contributed by atoms with Crippen molar-refractivity contribution in [3.8, 4) is 5.75 Å². The van der Waals surface area contributed by atoms with E-state index in [1.54, 1.807) is 0 Å². The fraction of sp³-hybridized carbons (Fsp3) is 0.231. The van der Waals surface area contributed by atoms with E-state index in [1.165, 1.54) is 7.11 Å². The number of hydrogen-bond acceptors (Lipinski definition) is 4. The van der Waals surface area contributed by atoms with Crippen LogP contribution < -0.4 is 4.74 Å². The summed E-state index contributed by atoms with van der Waals surface area (Å²) in [5, 5.41) is 0. The van der Waals surface area contributed by atoms with E-state index in [1.807, 2.05) is 72.8 Å². The van der Waals surface area contributed by atoms with Crippen LogP contribution in [0.15, 0.2) is 82.3 Å². The van der Waals surface area contributed by atoms with Crippen molar-refractivity contribution in [1.29, 1.82) is 0 Å². The number of ether oxygens (including phenoxy) is 2. The van der Waals surface area contributed by atoms with Gasteiger partial charge < -0.3 is 9.47 Å². The van der Waals surface area contributed by atoms with Gasteiger partial charge in [-0.3, -0.25) is 4.99 Å². The van der Waals surface area contributed by atoms with Crippen molar-refractivity contribution < 1.29 is 14.3 Å². The monoisotopic (exact) mass is 477 g/mol. The number of halogens is 1. The van der Waals surface area contributed by atoms with E-state index in [-0.39, 0.29) is 5.97 Å². The summed E-state index contributed by atoms with van der Waals surface area (Å²) in [6.45, 7) is 0.708. The molecule has 0 aliphatic carbocycles. The number of nitrogens with zero attached hydrogens (tertiary/aromatic N) is 1. The van der Waals surface area contributed by atoms with Gasteiger partial charge >= 0.3 is 5.97 Å². The number of rotatable bonds is 6. The largest absolute Gasteiger partial charge is 0.492 e. The van der Waals surface area contributed by atoms with Gasteiger partial charge in [-0.1, -0.05) is 66.7 Å². The minimum Gasteiger partial charge on any atom is -0.492 e. The fourth-order valence-electron chi connectivity index (χ4n) is 3.87. The van der Waals surface area contributed by atoms with Crippen LogP contribution in [0.5, 0.6) is 5.75 Å². The van der Waals surface area contributed by atoms with Gasteiger partial charge in [-0.2, -0.15) is 0 Å². The first-order valence-electron chi connectivity index (χ1n) is 10.4. The third-order valence-electron chi connectivity index (χ3n) is 5.39. The van der Waals surface area contributed by atoms with Gasteiger partial charge in [-0.25, -0.2) is 4.79 Å². The zero-order valence-electron chi connectivity index (χ0n) is 17.4. The summed E-state index contributed by atoms with van der Waals surface area (Å²) in [6, 6.07) is 23.2. The Morgan fingerprint density at radius 1 is 1.03 bits per heavy atom. The van der Waals surface area contributed by atoms with Gasteiger partial charge in [-0.05, 0) is 46.0 Å². The summed E-state index contributed by atoms with van der Waals surface area (Å²) in [7, 11) is 1.41. The zero-order valence-corrected chi connectivity index (χ0v) is 19.0. The maximum atomic E-state index is 12.8. The van der Waals surface area contributed by atoms with Crippen molar-refractivity contribution in [3.63, 3.8) is 0 Å². The van der Waals surface area contributed by atoms with Crippen LogP contribution in [-0.2, 0) is 22.4 Å². The van der Waals surface area contributed by atoms with Crippen molar-refractivity contribution in [2.45, 2.75) is 25.3 Å². The third-order valence-corrected chi connectivity index (χ3v) is 6.02. The number of benzene rings is 3. The standard InChI is InChI=1S/C26H24BrNO3/c1-30-26(29)23(17-20-14-15-22(27)25-21(20)13-8-16-31-25)28-24(18-9-4-2-5-10-18)19-11-6-3-7-12-19/h2-7,9-12,14-15,23H,8,13,16-17H2,1H3. The molecule has 1 heterocycles. The molecule has 0 aromatic heterocycles. The molecule has 4 nitrogen and oxygen atoms in total. The highest BCUT2D eigenvalue weighted by Crippen LogP contribution is 2.36. The Kier molecular flexibility index (Phi) is 6.82. The lowest BCUT2D eigenvalue weighted by Crippen LogP contribution is -2.26. The summed E-state index contributed by atoms with van der Waals surface area (Å²) in [4.78, 5) is 17.7. The van der Waals surface area contributed by atoms with E-state index in [0.29, 0.717) is 13.0 Å². The zero-order chi connectivity index (χ0) is 21.6. The molecule has 0 bridgehead atoms. The molecule has 1 unspecified atom stereocenters. The predicted octanol–water partition coefficient (Wildman–Crippen LogP) is 5.40. The molecule has 0 saturated carbocycles. The maximum Gasteiger partial charge on any atom is 0.330 e. The molecule has 5 heteroatoms. The van der Waals surface area contributed by atoms with Crippen LogP contribution in [0.25, 0.3) is 0 Å². The fourth-order valence-corrected chi connectivity index (χ4v) is 4.36. The van der Waals surface area contributed by atoms with Gasteiger partial charge in [0, 0.05) is 17.5 Å². The molecule has 31 heavy (non-hydrogen) atoms. The van der Waals surface area contributed by atoms with Crippen molar-refractivity contribution in [3.05, 3.63) is 99.5 Å². The normalized spacial score (nSPS) is 13.5. The molecule has 1 atom stereocenters. The molecular weight excluding hydrogens is 454 g/mol. The highest BCUT2D eigenvalue weighted by molar-refractivity contribution is 9.10. The molecule has 4 rings (SSSR count). The van der Waals surface area contributed by atoms with E-state index in [0.717, 1.165) is 51.0 Å². The second-order valence-corrected chi connectivity index (χ2v) is 8.27. The minimum atomic E-state index is -0.660. The maximum absolute atomic E-state index is 12.8. The number of hydrogen-bond donors (Lipinski definition) is 0. The second-order valence-electron chi connectivity index (χ2n) is 7.42. The number of fused-ring (bicyclic) bond motifs is 1. The Morgan fingerprint density at radius 2 is 1.68 bits per heavy atom. The van der Waals surface area contributed by atoms with Gasteiger partial charge in [0.1, 0.15) is 5.75 Å². The SMILES string of the molecule is COC(=O)C(Cc1ccc(Br)c2c1CCCO2)N=C(c1ccccc1)c1ccccc1. The predicted molar refractivity (Wildman–Crippen MR) is 126 cm³/mol. The molecular formula is C26H24BrNO3. The van der Waals surface area contributed by atoms with Crippen molar-refractivity contribution in [2.24, 2.45) is 4.99 Å². The van der Waals surface area contributed by atoms with Gasteiger partial charge in [0.25, 0.3) is 0 Å². The third kappa shape index (κ3) is 4.88. The van der Waals surface area contributed by atoms with E-state index < -0.39 is 6.04 Å². The molecule has 0 N–H and O–H groups in total. The first kappa shape index (κ1) is 21.3. The van der Waals surface area contributed by atoms with Gasteiger partial charge in [-0.15, -0.1) is 0 Å². The van der Waals surface area contributed by atoms with Crippen LogP contribution in [0.3, 0.4) is 0 Å². The molecule has 0 radical (unpaired) electrons. The second kappa shape index (κ2) is 9.92. The van der Waals surface area contributed by atoms with Crippen LogP contribution in [-0.4, -0.2) is 31.4 Å². The topological polar surface area (TPSA) is 47.9 Å². The molecule has 0 fully saturated rings. The Hall–Kier alpha value is -2.92. The Labute approximate surface area is 191 Å². The highest BCUT2D eigenvalue weighted by Gasteiger charge is 2.25. The molecule has 3 aromatic carbocycles. The molecule has 158 valence electrons. The van der Waals surface area contributed by atoms with E-state index in [4.69, 9.17) is 14.5 Å². The van der Waals surface area contributed by atoms with Gasteiger partial charge in [0.15, 0.2) is 6.04 Å². The molecule has 1 aliphatic rings. The first-order chi connectivity index (χ1) is 15.2. The molecule has 0 saturated heterocycles. The van der Waals surface area contributed by atoms with Crippen LogP contribution in [0.2, 0.25) is 0 Å². The summed E-state index contributed by atoms with van der Waals surface area (Å²) >= 11 is 3.58. The van der Waals surface area contributed by atoms with Crippen molar-refractivity contribution >= 4 is 27.6 Å². The average Bonchev–Trinajstić information content (AvgIpc) is 2.84. The number of carbonyl (C=O) groups is 1. The average molecular weight is 478 g/mol. The number of methoxy groups -OCH3 is 1. The van der Waals surface area contributed by atoms with Gasteiger partial charge in [0.2, 0.25) is 0 Å². The van der Waals surface area contributed by atoms with Crippen LogP contribution in [0.4, 0.5) is 0 Å². The summed E-state index contributed by atoms with van der Waals surface area (Å²) in [6.07, 6.45) is 2.34. The Bertz CT molecular complexity index is 1040. The minimum absolute atomic E-state index is 0.349. The quantitative estimate of drug-likeness (QED) is 0.352. The highest BCUT2D eigenvalue weighted by atomic mass is 79.9. The lowest BCUT2D eigenvalue weighted by Gasteiger charge is -2.23. The summed E-state index contributed by atoms with van der Waals surface area (Å²) < 4.78 is 12.0. The lowest BCUT2D eigenvalue weighted by molar-refractivity contribution is -0.142. The lowest BCUT2D eigenvalue weighted by atomic mass is 9.94.